The van der Waals surface area contributed by atoms with Crippen molar-refractivity contribution in [3.8, 4) is 5.75 Å². The molecule has 0 fully saturated rings. The lowest BCUT2D eigenvalue weighted by Crippen LogP contribution is -2.50. The molecule has 0 aliphatic carbocycles. The molecule has 1 N–H and O–H groups in total. The largest absolute Gasteiger partial charge is 0.493 e. The van der Waals surface area contributed by atoms with Crippen LogP contribution in [0.5, 0.6) is 5.75 Å². The van der Waals surface area contributed by atoms with Gasteiger partial charge in [-0.3, -0.25) is 15.1 Å². The fraction of sp³-hybridized carbons (Fsp3) is 0.160. The lowest BCUT2D eigenvalue weighted by Gasteiger charge is -2.35. The van der Waals surface area contributed by atoms with Gasteiger partial charge in [0.25, 0.3) is 5.91 Å². The molecule has 3 aromatic carbocycles. The van der Waals surface area contributed by atoms with Crippen LogP contribution in [0.4, 0.5) is 0 Å². The number of nitrogens with zero attached hydrogens (tertiary/aromatic N) is 3. The van der Waals surface area contributed by atoms with Gasteiger partial charge in [-0.15, -0.1) is 11.7 Å². The second-order valence-electron chi connectivity index (χ2n) is 7.30. The van der Waals surface area contributed by atoms with Crippen molar-refractivity contribution in [3.05, 3.63) is 89.5 Å². The summed E-state index contributed by atoms with van der Waals surface area (Å²) in [5.41, 5.74) is 1.38. The van der Waals surface area contributed by atoms with Crippen molar-refractivity contribution >= 4 is 39.3 Å². The highest BCUT2D eigenvalue weighted by atomic mass is 32.2. The molecular formula is C25H22N4O2S. The average molecular weight is 443 g/mol. The van der Waals surface area contributed by atoms with Gasteiger partial charge >= 0.3 is 0 Å². The standard InChI is InChI=1S/C25H22N4O2S/c1-3-15-32-25-27-24(30)22-18-11-7-8-12-19(18)26-23(29(22)28-25)21-17-10-6-5-9-16(17)13-14-20(21)31-4-2/h3,5-14,23H,1,4,15H2,2H3,(H,27,28,30)/t23-/m1/s1. The predicted molar refractivity (Wildman–Crippen MR) is 129 cm³/mol. The predicted octanol–water partition coefficient (Wildman–Crippen LogP) is 3.30. The highest BCUT2D eigenvalue weighted by Gasteiger charge is 2.36. The molecule has 3 aromatic rings. The quantitative estimate of drug-likeness (QED) is 0.616. The Kier molecular flexibility index (Phi) is 5.41. The number of fused-ring (bicyclic) bond motifs is 3. The van der Waals surface area contributed by atoms with Crippen molar-refractivity contribution in [2.45, 2.75) is 13.1 Å². The first-order chi connectivity index (χ1) is 15.7. The minimum absolute atomic E-state index is 0.197. The van der Waals surface area contributed by atoms with Gasteiger partial charge in [0.2, 0.25) is 0 Å². The van der Waals surface area contributed by atoms with Crippen LogP contribution in [0.15, 0.2) is 83.4 Å². The second-order valence-corrected chi connectivity index (χ2v) is 8.31. The number of carbonyl (C=O) groups excluding carboxylic acids is 1. The first-order valence-corrected chi connectivity index (χ1v) is 11.4. The van der Waals surface area contributed by atoms with Crippen molar-refractivity contribution in [2.75, 3.05) is 12.4 Å². The topological polar surface area (TPSA) is 66.3 Å². The number of hydrogen-bond acceptors (Lipinski definition) is 6. The first kappa shape index (κ1) is 20.3. The van der Waals surface area contributed by atoms with Crippen molar-refractivity contribution in [1.29, 1.82) is 0 Å². The number of hydrogen-bond donors (Lipinski definition) is 1. The lowest BCUT2D eigenvalue weighted by atomic mass is 9.99. The summed E-state index contributed by atoms with van der Waals surface area (Å²) in [6, 6.07) is 19.8. The van der Waals surface area contributed by atoms with Crippen molar-refractivity contribution in [3.63, 3.8) is 0 Å². The van der Waals surface area contributed by atoms with E-state index < -0.39 is 6.17 Å². The maximum absolute atomic E-state index is 13.2. The van der Waals surface area contributed by atoms with Crippen LogP contribution in [0.1, 0.15) is 18.7 Å². The van der Waals surface area contributed by atoms with Crippen LogP contribution in [0, 0.1) is 0 Å². The molecule has 1 atom stereocenters. The Labute approximate surface area is 190 Å². The molecular weight excluding hydrogens is 420 g/mol. The molecule has 0 aromatic heterocycles. The summed E-state index contributed by atoms with van der Waals surface area (Å²) >= 11 is 1.43. The minimum Gasteiger partial charge on any atom is -0.493 e. The van der Waals surface area contributed by atoms with Gasteiger partial charge in [-0.2, -0.15) is 0 Å². The Balaban J connectivity index is 1.80. The molecule has 0 saturated carbocycles. The summed E-state index contributed by atoms with van der Waals surface area (Å²) < 4.78 is 6.02. The monoisotopic (exact) mass is 442 g/mol. The van der Waals surface area contributed by atoms with E-state index in [2.05, 4.69) is 24.0 Å². The van der Waals surface area contributed by atoms with Gasteiger partial charge in [0.05, 0.1) is 12.0 Å². The second kappa shape index (κ2) is 8.51. The Hall–Kier alpha value is -3.58. The van der Waals surface area contributed by atoms with E-state index in [1.165, 1.54) is 11.8 Å². The fourth-order valence-corrected chi connectivity index (χ4v) is 4.63. The van der Waals surface area contributed by atoms with Gasteiger partial charge in [-0.05, 0) is 29.8 Å². The van der Waals surface area contributed by atoms with E-state index in [0.717, 1.165) is 32.7 Å². The number of ether oxygens (including phenoxy) is 1. The summed E-state index contributed by atoms with van der Waals surface area (Å²) in [4.78, 5) is 18.3. The number of nitrogens with one attached hydrogen (secondary N) is 1. The summed E-state index contributed by atoms with van der Waals surface area (Å²) in [6.45, 7) is 6.24. The number of hydrazone groups is 1. The van der Waals surface area contributed by atoms with Crippen molar-refractivity contribution < 1.29 is 9.53 Å². The number of rotatable bonds is 5. The number of para-hydroxylation sites is 1. The molecule has 2 aliphatic rings. The molecule has 2 aliphatic heterocycles. The zero-order valence-corrected chi connectivity index (χ0v) is 18.4. The number of amidine groups is 1. The molecule has 5 rings (SSSR count). The molecule has 1 amide bonds. The Morgan fingerprint density at radius 2 is 1.97 bits per heavy atom. The smallest absolute Gasteiger partial charge is 0.276 e. The maximum atomic E-state index is 13.2. The number of amides is 1. The molecule has 0 unspecified atom stereocenters. The molecule has 0 bridgehead atoms. The van der Waals surface area contributed by atoms with Crippen LogP contribution in [0.25, 0.3) is 16.5 Å². The molecule has 0 saturated heterocycles. The van der Waals surface area contributed by atoms with Crippen LogP contribution in [0.3, 0.4) is 0 Å². The average Bonchev–Trinajstić information content (AvgIpc) is 2.82. The van der Waals surface area contributed by atoms with Crippen LogP contribution in [-0.2, 0) is 4.79 Å². The molecule has 2 heterocycles. The maximum Gasteiger partial charge on any atom is 0.276 e. The summed E-state index contributed by atoms with van der Waals surface area (Å²) in [6.07, 6.45) is 1.24. The third-order valence-electron chi connectivity index (χ3n) is 5.34. The molecule has 0 radical (unpaired) electrons. The number of benzene rings is 3. The number of thioether (sulfide) groups is 1. The summed E-state index contributed by atoms with van der Waals surface area (Å²) in [5, 5.41) is 13.6. The van der Waals surface area contributed by atoms with Crippen molar-refractivity contribution in [2.24, 2.45) is 10.1 Å². The highest BCUT2D eigenvalue weighted by molar-refractivity contribution is 8.14. The van der Waals surface area contributed by atoms with Crippen molar-refractivity contribution in [1.82, 2.24) is 10.3 Å². The third-order valence-corrected chi connectivity index (χ3v) is 6.20. The first-order valence-electron chi connectivity index (χ1n) is 10.5. The lowest BCUT2D eigenvalue weighted by molar-refractivity contribution is -0.116. The molecule has 32 heavy (non-hydrogen) atoms. The SMILES string of the molecule is C=CCSC1=NN2C(=c3ccccc3=N[C@H]2c2c(OCC)ccc3ccccc23)C(=O)N1. The fourth-order valence-electron chi connectivity index (χ4n) is 4.04. The van der Waals surface area contributed by atoms with E-state index in [0.29, 0.717) is 23.2 Å². The zero-order chi connectivity index (χ0) is 22.1. The molecule has 160 valence electrons. The Morgan fingerprint density at radius 3 is 2.81 bits per heavy atom. The van der Waals surface area contributed by atoms with Crippen LogP contribution >= 0.6 is 11.8 Å². The van der Waals surface area contributed by atoms with E-state index in [9.17, 15) is 4.79 Å². The van der Waals surface area contributed by atoms with E-state index in [1.54, 1.807) is 11.1 Å². The van der Waals surface area contributed by atoms with E-state index in [4.69, 9.17) is 14.8 Å². The zero-order valence-electron chi connectivity index (χ0n) is 17.6. The van der Waals surface area contributed by atoms with E-state index in [1.807, 2.05) is 55.5 Å². The van der Waals surface area contributed by atoms with Gasteiger partial charge in [0.1, 0.15) is 11.4 Å². The van der Waals surface area contributed by atoms with Gasteiger partial charge in [0.15, 0.2) is 11.3 Å². The van der Waals surface area contributed by atoms with Gasteiger partial charge in [0, 0.05) is 16.5 Å². The third kappa shape index (κ3) is 3.44. The van der Waals surface area contributed by atoms with Gasteiger partial charge < -0.3 is 4.74 Å². The number of carbonyl (C=O) groups is 1. The van der Waals surface area contributed by atoms with Crippen LogP contribution in [-0.4, -0.2) is 28.4 Å². The van der Waals surface area contributed by atoms with Crippen LogP contribution in [0.2, 0.25) is 0 Å². The molecule has 6 nitrogen and oxygen atoms in total. The van der Waals surface area contributed by atoms with E-state index >= 15 is 0 Å². The normalized spacial score (nSPS) is 17.1. The molecule has 0 spiro atoms. The minimum atomic E-state index is -0.544. The summed E-state index contributed by atoms with van der Waals surface area (Å²) in [7, 11) is 0. The van der Waals surface area contributed by atoms with Gasteiger partial charge in [-0.25, -0.2) is 5.01 Å². The molecule has 7 heteroatoms. The van der Waals surface area contributed by atoms with E-state index in [-0.39, 0.29) is 5.91 Å². The Bertz CT molecular complexity index is 1380. The summed E-state index contributed by atoms with van der Waals surface area (Å²) in [5.74, 6) is 1.18. The Morgan fingerprint density at radius 1 is 1.16 bits per heavy atom. The highest BCUT2D eigenvalue weighted by Crippen LogP contribution is 2.40. The van der Waals surface area contributed by atoms with Crippen LogP contribution < -0.4 is 20.6 Å². The van der Waals surface area contributed by atoms with Gasteiger partial charge in [-0.1, -0.05) is 66.4 Å².